The van der Waals surface area contributed by atoms with Crippen LogP contribution in [0.1, 0.15) is 50.4 Å². The van der Waals surface area contributed by atoms with Crippen LogP contribution in [0.3, 0.4) is 0 Å². The van der Waals surface area contributed by atoms with Crippen molar-refractivity contribution in [2.45, 2.75) is 58.7 Å². The first-order valence-corrected chi connectivity index (χ1v) is 12.1. The third kappa shape index (κ3) is 6.16. The van der Waals surface area contributed by atoms with Crippen LogP contribution in [-0.2, 0) is 27.1 Å². The number of esters is 1. The first kappa shape index (κ1) is 27.4. The predicted molar refractivity (Wildman–Crippen MR) is 128 cm³/mol. The van der Waals surface area contributed by atoms with Gasteiger partial charge in [0.05, 0.1) is 38.0 Å². The number of methoxy groups -OCH3 is 1. The number of hydrogen-bond acceptors (Lipinski definition) is 6. The Labute approximate surface area is 211 Å². The zero-order valence-corrected chi connectivity index (χ0v) is 21.9. The van der Waals surface area contributed by atoms with Gasteiger partial charge in [0.25, 0.3) is 0 Å². The van der Waals surface area contributed by atoms with Crippen molar-refractivity contribution in [1.82, 2.24) is 10.3 Å². The summed E-state index contributed by atoms with van der Waals surface area (Å²) < 4.78 is 57.6. The molecule has 0 radical (unpaired) electrons. The fourth-order valence-corrected chi connectivity index (χ4v) is 5.08. The number of benzene rings is 1. The maximum absolute atomic E-state index is 13.3. The molecule has 3 rings (SSSR count). The molecule has 0 unspecified atom stereocenters. The van der Waals surface area contributed by atoms with Gasteiger partial charge in [-0.1, -0.05) is 54.9 Å². The van der Waals surface area contributed by atoms with Gasteiger partial charge >= 0.3 is 12.1 Å². The number of aromatic nitrogens is 1. The number of alkyl halides is 3. The molecule has 0 spiro atoms. The SMILES string of the molecule is CCOC(=O)[C@H]1N[C@@H](c2ccccc2Br)[C@@H](OCc2cc(C(F)(F)F)cnc2OC)[C@@H]1C(C)(C)C. The number of hydrogen-bond donors (Lipinski definition) is 1. The van der Waals surface area contributed by atoms with E-state index in [4.69, 9.17) is 14.2 Å². The van der Waals surface area contributed by atoms with E-state index in [0.717, 1.165) is 22.3 Å². The van der Waals surface area contributed by atoms with Crippen LogP contribution in [0.4, 0.5) is 13.2 Å². The molecule has 192 valence electrons. The molecule has 0 amide bonds. The number of nitrogens with zero attached hydrogens (tertiary/aromatic N) is 1. The van der Waals surface area contributed by atoms with Gasteiger partial charge in [0, 0.05) is 22.2 Å². The zero-order valence-electron chi connectivity index (χ0n) is 20.3. The number of pyridine rings is 1. The van der Waals surface area contributed by atoms with Crippen molar-refractivity contribution in [1.29, 1.82) is 0 Å². The average Bonchev–Trinajstić information content (AvgIpc) is 3.17. The predicted octanol–water partition coefficient (Wildman–Crippen LogP) is 5.70. The minimum atomic E-state index is -4.55. The van der Waals surface area contributed by atoms with E-state index in [2.05, 4.69) is 26.2 Å². The van der Waals surface area contributed by atoms with E-state index in [0.29, 0.717) is 0 Å². The fraction of sp³-hybridized carbons (Fsp3) is 0.520. The Morgan fingerprint density at radius 1 is 1.20 bits per heavy atom. The molecule has 1 saturated heterocycles. The standard InChI is InChI=1S/C25H30BrF3N2O4/c1-6-34-23(32)20-18(24(2,3)4)21(19(31-20)16-9-7-8-10-17(16)26)35-13-14-11-15(25(27,28)29)12-30-22(14)33-5/h7-12,18-21,31H,6,13H2,1-5H3/t18-,19+,20+,21+/m1/s1. The van der Waals surface area contributed by atoms with Crippen LogP contribution in [0.25, 0.3) is 0 Å². The van der Waals surface area contributed by atoms with Gasteiger partial charge in [0.15, 0.2) is 0 Å². The van der Waals surface area contributed by atoms with Crippen molar-refractivity contribution >= 4 is 21.9 Å². The molecule has 1 aliphatic rings. The van der Waals surface area contributed by atoms with Gasteiger partial charge in [-0.3, -0.25) is 10.1 Å². The maximum Gasteiger partial charge on any atom is 0.417 e. The molecule has 1 aromatic carbocycles. The number of ether oxygens (including phenoxy) is 3. The summed E-state index contributed by atoms with van der Waals surface area (Å²) in [7, 11) is 1.34. The van der Waals surface area contributed by atoms with E-state index in [1.807, 2.05) is 45.0 Å². The third-order valence-electron chi connectivity index (χ3n) is 6.06. The van der Waals surface area contributed by atoms with Crippen molar-refractivity contribution in [2.24, 2.45) is 11.3 Å². The molecule has 1 fully saturated rings. The second-order valence-electron chi connectivity index (χ2n) is 9.45. The lowest BCUT2D eigenvalue weighted by atomic mass is 9.73. The Hall–Kier alpha value is -2.17. The minimum Gasteiger partial charge on any atom is -0.481 e. The van der Waals surface area contributed by atoms with Gasteiger partial charge in [-0.15, -0.1) is 0 Å². The highest BCUT2D eigenvalue weighted by atomic mass is 79.9. The molecule has 0 bridgehead atoms. The summed E-state index contributed by atoms with van der Waals surface area (Å²) in [5.41, 5.74) is -0.255. The Morgan fingerprint density at radius 3 is 2.46 bits per heavy atom. The monoisotopic (exact) mass is 558 g/mol. The average molecular weight is 559 g/mol. The lowest BCUT2D eigenvalue weighted by Crippen LogP contribution is -2.44. The van der Waals surface area contributed by atoms with E-state index in [9.17, 15) is 18.0 Å². The first-order chi connectivity index (χ1) is 16.4. The Morgan fingerprint density at radius 2 is 1.89 bits per heavy atom. The minimum absolute atomic E-state index is 0.0515. The Balaban J connectivity index is 2.02. The fourth-order valence-electron chi connectivity index (χ4n) is 4.55. The molecule has 0 saturated carbocycles. The van der Waals surface area contributed by atoms with Crippen molar-refractivity contribution in [3.63, 3.8) is 0 Å². The number of rotatable bonds is 7. The summed E-state index contributed by atoms with van der Waals surface area (Å²) in [5.74, 6) is -0.687. The summed E-state index contributed by atoms with van der Waals surface area (Å²) in [6.45, 7) is 7.77. The van der Waals surface area contributed by atoms with E-state index < -0.39 is 41.3 Å². The Bertz CT molecular complexity index is 1040. The smallest absolute Gasteiger partial charge is 0.417 e. The third-order valence-corrected chi connectivity index (χ3v) is 6.78. The molecule has 1 aliphatic heterocycles. The highest BCUT2D eigenvalue weighted by molar-refractivity contribution is 9.10. The van der Waals surface area contributed by atoms with Gasteiger partial charge < -0.3 is 14.2 Å². The van der Waals surface area contributed by atoms with Crippen molar-refractivity contribution in [3.8, 4) is 5.88 Å². The largest absolute Gasteiger partial charge is 0.481 e. The Kier molecular flexibility index (Phi) is 8.49. The van der Waals surface area contributed by atoms with E-state index in [-0.39, 0.29) is 30.6 Å². The summed E-state index contributed by atoms with van der Waals surface area (Å²) in [6, 6.07) is 7.45. The van der Waals surface area contributed by atoms with Crippen molar-refractivity contribution in [3.05, 3.63) is 57.7 Å². The molecule has 35 heavy (non-hydrogen) atoms. The van der Waals surface area contributed by atoms with Crippen molar-refractivity contribution < 1.29 is 32.2 Å². The van der Waals surface area contributed by atoms with Crippen LogP contribution in [0, 0.1) is 11.3 Å². The molecule has 4 atom stereocenters. The van der Waals surface area contributed by atoms with Crippen LogP contribution >= 0.6 is 15.9 Å². The van der Waals surface area contributed by atoms with E-state index in [1.165, 1.54) is 7.11 Å². The van der Waals surface area contributed by atoms with E-state index >= 15 is 0 Å². The molecule has 0 aliphatic carbocycles. The zero-order chi connectivity index (χ0) is 26.0. The van der Waals surface area contributed by atoms with Gasteiger partial charge in [0.1, 0.15) is 6.04 Å². The molecule has 1 aromatic heterocycles. The second kappa shape index (κ2) is 10.8. The molecule has 2 heterocycles. The summed E-state index contributed by atoms with van der Waals surface area (Å²) in [6.07, 6.45) is -4.39. The van der Waals surface area contributed by atoms with Crippen LogP contribution in [0.15, 0.2) is 41.0 Å². The molecular formula is C25H30BrF3N2O4. The highest BCUT2D eigenvalue weighted by Gasteiger charge is 2.53. The van der Waals surface area contributed by atoms with E-state index in [1.54, 1.807) is 6.92 Å². The van der Waals surface area contributed by atoms with Crippen LogP contribution in [0.5, 0.6) is 5.88 Å². The summed E-state index contributed by atoms with van der Waals surface area (Å²) in [4.78, 5) is 16.7. The number of halogens is 4. The van der Waals surface area contributed by atoms with Gasteiger partial charge in [-0.25, -0.2) is 4.98 Å². The molecule has 6 nitrogen and oxygen atoms in total. The second-order valence-corrected chi connectivity index (χ2v) is 10.3. The van der Waals surface area contributed by atoms with Crippen molar-refractivity contribution in [2.75, 3.05) is 13.7 Å². The maximum atomic E-state index is 13.3. The topological polar surface area (TPSA) is 69.7 Å². The van der Waals surface area contributed by atoms with Crippen LogP contribution in [0.2, 0.25) is 0 Å². The molecule has 10 heteroatoms. The van der Waals surface area contributed by atoms with Crippen LogP contribution in [-0.4, -0.2) is 36.8 Å². The van der Waals surface area contributed by atoms with Gasteiger partial charge in [-0.05, 0) is 30.0 Å². The summed E-state index contributed by atoms with van der Waals surface area (Å²) >= 11 is 3.58. The quantitative estimate of drug-likeness (QED) is 0.440. The number of carbonyl (C=O) groups excluding carboxylic acids is 1. The lowest BCUT2D eigenvalue weighted by Gasteiger charge is -2.35. The molecule has 1 N–H and O–H groups in total. The molecule has 2 aromatic rings. The van der Waals surface area contributed by atoms with Gasteiger partial charge in [0.2, 0.25) is 5.88 Å². The van der Waals surface area contributed by atoms with Gasteiger partial charge in [-0.2, -0.15) is 13.2 Å². The van der Waals surface area contributed by atoms with Crippen LogP contribution < -0.4 is 10.1 Å². The number of carbonyl (C=O) groups is 1. The summed E-state index contributed by atoms with van der Waals surface area (Å²) in [5, 5.41) is 3.38. The number of nitrogens with one attached hydrogen (secondary N) is 1. The first-order valence-electron chi connectivity index (χ1n) is 11.3. The normalized spacial score (nSPS) is 22.8. The lowest BCUT2D eigenvalue weighted by molar-refractivity contribution is -0.148. The highest BCUT2D eigenvalue weighted by Crippen LogP contribution is 2.46. The molecular weight excluding hydrogens is 529 g/mol.